The highest BCUT2D eigenvalue weighted by Crippen LogP contribution is 2.29. The zero-order chi connectivity index (χ0) is 14.7. The fraction of sp³-hybridized carbons (Fsp3) is 0.857. The summed E-state index contributed by atoms with van der Waals surface area (Å²) in [5.74, 6) is 0. The number of carbonyl (C=O) groups excluding carboxylic acids is 2. The predicted molar refractivity (Wildman–Crippen MR) is 72.8 cm³/mol. The van der Waals surface area contributed by atoms with E-state index in [2.05, 4.69) is 4.99 Å². The van der Waals surface area contributed by atoms with Crippen molar-refractivity contribution < 1.29 is 14.3 Å². The van der Waals surface area contributed by atoms with E-state index in [1.54, 1.807) is 11.0 Å². The molecule has 1 rings (SSSR count). The van der Waals surface area contributed by atoms with Gasteiger partial charge in [0.05, 0.1) is 11.6 Å². The fourth-order valence-electron chi connectivity index (χ4n) is 2.40. The van der Waals surface area contributed by atoms with Gasteiger partial charge in [-0.15, -0.1) is 0 Å². The van der Waals surface area contributed by atoms with E-state index >= 15 is 0 Å². The van der Waals surface area contributed by atoms with E-state index in [4.69, 9.17) is 4.74 Å². The molecule has 0 N–H and O–H groups in total. The van der Waals surface area contributed by atoms with Gasteiger partial charge in [0.2, 0.25) is 6.08 Å². The Hall–Kier alpha value is -1.35. The number of nitrogens with zero attached hydrogens (tertiary/aromatic N) is 2. The first-order chi connectivity index (χ1) is 8.67. The Morgan fingerprint density at radius 3 is 2.42 bits per heavy atom. The minimum absolute atomic E-state index is 0.113. The summed E-state index contributed by atoms with van der Waals surface area (Å²) in [6.07, 6.45) is 4.10. The molecule has 108 valence electrons. The van der Waals surface area contributed by atoms with Crippen molar-refractivity contribution in [3.05, 3.63) is 0 Å². The zero-order valence-electron chi connectivity index (χ0n) is 12.5. The van der Waals surface area contributed by atoms with E-state index in [1.807, 2.05) is 34.6 Å². The standard InChI is InChI=1S/C14H24N2O3/c1-13(2,3)19-12(18)16-9-7-6-8-11(16)14(4,5)15-10-17/h11H,6-9H2,1-5H3. The Morgan fingerprint density at radius 1 is 1.26 bits per heavy atom. The van der Waals surface area contributed by atoms with Crippen LogP contribution in [0.2, 0.25) is 0 Å². The van der Waals surface area contributed by atoms with Crippen molar-refractivity contribution in [1.29, 1.82) is 0 Å². The molecule has 1 aliphatic heterocycles. The number of rotatable bonds is 2. The normalized spacial score (nSPS) is 20.7. The Balaban J connectivity index is 2.89. The molecule has 0 radical (unpaired) electrons. The van der Waals surface area contributed by atoms with E-state index in [1.165, 1.54) is 0 Å². The van der Waals surface area contributed by atoms with Crippen LogP contribution in [0.1, 0.15) is 53.9 Å². The summed E-state index contributed by atoms with van der Waals surface area (Å²) in [4.78, 5) is 28.3. The van der Waals surface area contributed by atoms with Crippen LogP contribution in [-0.4, -0.2) is 40.8 Å². The molecule has 1 atom stereocenters. The van der Waals surface area contributed by atoms with Gasteiger partial charge in [0.15, 0.2) is 0 Å². The summed E-state index contributed by atoms with van der Waals surface area (Å²) < 4.78 is 5.43. The molecule has 0 aromatic rings. The van der Waals surface area contributed by atoms with Crippen LogP contribution in [0.3, 0.4) is 0 Å². The Bertz CT molecular complexity index is 379. The monoisotopic (exact) mass is 268 g/mol. The highest BCUT2D eigenvalue weighted by Gasteiger charge is 2.39. The molecule has 0 aromatic heterocycles. The van der Waals surface area contributed by atoms with E-state index in [0.29, 0.717) is 6.54 Å². The van der Waals surface area contributed by atoms with Crippen LogP contribution in [0, 0.1) is 0 Å². The van der Waals surface area contributed by atoms with Gasteiger partial charge in [0.25, 0.3) is 0 Å². The van der Waals surface area contributed by atoms with Gasteiger partial charge < -0.3 is 9.64 Å². The van der Waals surface area contributed by atoms with E-state index < -0.39 is 11.1 Å². The average Bonchev–Trinajstić information content (AvgIpc) is 2.26. The zero-order valence-corrected chi connectivity index (χ0v) is 12.5. The van der Waals surface area contributed by atoms with Crippen LogP contribution in [0.25, 0.3) is 0 Å². The first-order valence-electron chi connectivity index (χ1n) is 6.76. The molecule has 1 heterocycles. The lowest BCUT2D eigenvalue weighted by Crippen LogP contribution is -2.54. The molecule has 1 unspecified atom stereocenters. The van der Waals surface area contributed by atoms with Crippen LogP contribution in [0.15, 0.2) is 4.99 Å². The highest BCUT2D eigenvalue weighted by atomic mass is 16.6. The van der Waals surface area contributed by atoms with Gasteiger partial charge in [-0.25, -0.2) is 9.59 Å². The third kappa shape index (κ3) is 4.35. The number of carbonyl (C=O) groups is 1. The third-order valence-electron chi connectivity index (χ3n) is 3.28. The second kappa shape index (κ2) is 5.74. The SMILES string of the molecule is CC(C)(C)OC(=O)N1CCCCC1C(C)(C)N=C=O. The Morgan fingerprint density at radius 2 is 1.89 bits per heavy atom. The molecule has 19 heavy (non-hydrogen) atoms. The molecule has 1 amide bonds. The largest absolute Gasteiger partial charge is 0.444 e. The van der Waals surface area contributed by atoms with Crippen molar-refractivity contribution in [2.75, 3.05) is 6.54 Å². The number of likely N-dealkylation sites (tertiary alicyclic amines) is 1. The number of piperidine rings is 1. The number of isocyanates is 1. The molecule has 1 aliphatic rings. The number of amides is 1. The van der Waals surface area contributed by atoms with Crippen LogP contribution in [-0.2, 0) is 9.53 Å². The van der Waals surface area contributed by atoms with Gasteiger partial charge in [0, 0.05) is 6.54 Å². The molecule has 0 spiro atoms. The Labute approximate surface area is 115 Å². The van der Waals surface area contributed by atoms with Crippen LogP contribution in [0.4, 0.5) is 4.79 Å². The molecule has 1 saturated heterocycles. The molecular weight excluding hydrogens is 244 g/mol. The van der Waals surface area contributed by atoms with Gasteiger partial charge in [-0.05, 0) is 53.9 Å². The maximum atomic E-state index is 12.2. The van der Waals surface area contributed by atoms with Crippen molar-refractivity contribution in [3.8, 4) is 0 Å². The molecule has 0 aromatic carbocycles. The van der Waals surface area contributed by atoms with E-state index in [-0.39, 0.29) is 12.1 Å². The van der Waals surface area contributed by atoms with Gasteiger partial charge in [0.1, 0.15) is 5.60 Å². The molecule has 5 nitrogen and oxygen atoms in total. The van der Waals surface area contributed by atoms with Crippen LogP contribution >= 0.6 is 0 Å². The smallest absolute Gasteiger partial charge is 0.410 e. The lowest BCUT2D eigenvalue weighted by molar-refractivity contribution is 0.00100. The lowest BCUT2D eigenvalue weighted by Gasteiger charge is -2.42. The van der Waals surface area contributed by atoms with E-state index in [0.717, 1.165) is 19.3 Å². The Kier molecular flexibility index (Phi) is 4.75. The first-order valence-corrected chi connectivity index (χ1v) is 6.76. The summed E-state index contributed by atoms with van der Waals surface area (Å²) in [5.41, 5.74) is -1.14. The summed E-state index contributed by atoms with van der Waals surface area (Å²) >= 11 is 0. The van der Waals surface area contributed by atoms with Crippen molar-refractivity contribution in [3.63, 3.8) is 0 Å². The van der Waals surface area contributed by atoms with E-state index in [9.17, 15) is 9.59 Å². The maximum absolute atomic E-state index is 12.2. The van der Waals surface area contributed by atoms with Crippen molar-refractivity contribution in [1.82, 2.24) is 4.90 Å². The number of hydrogen-bond acceptors (Lipinski definition) is 4. The minimum atomic E-state index is -0.626. The molecule has 0 bridgehead atoms. The number of aliphatic imine (C=N–C) groups is 1. The second-order valence-electron chi connectivity index (χ2n) is 6.54. The van der Waals surface area contributed by atoms with Crippen molar-refractivity contribution in [2.45, 2.75) is 71.1 Å². The number of hydrogen-bond donors (Lipinski definition) is 0. The summed E-state index contributed by atoms with van der Waals surface area (Å²) in [6.45, 7) is 9.89. The predicted octanol–water partition coefficient (Wildman–Crippen LogP) is 2.89. The first kappa shape index (κ1) is 15.7. The molecule has 5 heteroatoms. The maximum Gasteiger partial charge on any atom is 0.410 e. The summed E-state index contributed by atoms with van der Waals surface area (Å²) in [6, 6.07) is -0.113. The summed E-state index contributed by atoms with van der Waals surface area (Å²) in [5, 5.41) is 0. The van der Waals surface area contributed by atoms with Crippen LogP contribution in [0.5, 0.6) is 0 Å². The van der Waals surface area contributed by atoms with Gasteiger partial charge >= 0.3 is 6.09 Å². The topological polar surface area (TPSA) is 59.0 Å². The third-order valence-corrected chi connectivity index (χ3v) is 3.28. The van der Waals surface area contributed by atoms with Crippen molar-refractivity contribution >= 4 is 12.2 Å². The second-order valence-corrected chi connectivity index (χ2v) is 6.54. The average molecular weight is 268 g/mol. The quantitative estimate of drug-likeness (QED) is 0.571. The van der Waals surface area contributed by atoms with Gasteiger partial charge in [-0.2, -0.15) is 4.99 Å². The highest BCUT2D eigenvalue weighted by molar-refractivity contribution is 5.69. The molecular formula is C14H24N2O3. The minimum Gasteiger partial charge on any atom is -0.444 e. The van der Waals surface area contributed by atoms with Gasteiger partial charge in [-0.3, -0.25) is 0 Å². The lowest BCUT2D eigenvalue weighted by atomic mass is 9.87. The number of ether oxygens (including phenoxy) is 1. The van der Waals surface area contributed by atoms with Gasteiger partial charge in [-0.1, -0.05) is 0 Å². The fourth-order valence-corrected chi connectivity index (χ4v) is 2.40. The molecule has 0 aliphatic carbocycles. The molecule has 1 fully saturated rings. The van der Waals surface area contributed by atoms with Crippen LogP contribution < -0.4 is 0 Å². The van der Waals surface area contributed by atoms with Crippen molar-refractivity contribution in [2.24, 2.45) is 4.99 Å². The molecule has 0 saturated carbocycles. The summed E-state index contributed by atoms with van der Waals surface area (Å²) in [7, 11) is 0.